The highest BCUT2D eigenvalue weighted by atomic mass is 16.6. The van der Waals surface area contributed by atoms with Crippen LogP contribution in [0.1, 0.15) is 374 Å². The number of hydrogen-bond acceptors (Lipinski definition) is 6. The number of ether oxygens (including phenoxy) is 3. The zero-order valence-corrected chi connectivity index (χ0v) is 47.8. The summed E-state index contributed by atoms with van der Waals surface area (Å²) >= 11 is 0. The van der Waals surface area contributed by atoms with E-state index in [9.17, 15) is 14.4 Å². The van der Waals surface area contributed by atoms with E-state index in [0.29, 0.717) is 19.3 Å². The summed E-state index contributed by atoms with van der Waals surface area (Å²) < 4.78 is 16.9. The number of unbranched alkanes of at least 4 members (excludes halogenated alkanes) is 49. The number of esters is 3. The highest BCUT2D eigenvalue weighted by molar-refractivity contribution is 5.71. The second kappa shape index (κ2) is 60.0. The Hall–Kier alpha value is -1.59. The maximum absolute atomic E-state index is 12.8. The van der Waals surface area contributed by atoms with E-state index in [4.69, 9.17) is 14.2 Å². The quantitative estimate of drug-likeness (QED) is 0.0343. The Morgan fingerprint density at radius 2 is 0.386 bits per heavy atom. The minimum absolute atomic E-state index is 0.0612. The molecule has 1 unspecified atom stereocenters. The first-order chi connectivity index (χ1) is 34.5. The molecule has 416 valence electrons. The van der Waals surface area contributed by atoms with Crippen molar-refractivity contribution < 1.29 is 28.6 Å². The molecule has 0 aliphatic carbocycles. The molecule has 0 aromatic rings. The first kappa shape index (κ1) is 68.4. The number of carbonyl (C=O) groups excluding carboxylic acids is 3. The van der Waals surface area contributed by atoms with Crippen LogP contribution in [0.3, 0.4) is 0 Å². The van der Waals surface area contributed by atoms with Crippen LogP contribution >= 0.6 is 0 Å². The second-order valence-corrected chi connectivity index (χ2v) is 22.1. The molecule has 70 heavy (non-hydrogen) atoms. The number of carbonyl (C=O) groups is 3. The Bertz CT molecular complexity index is 1040. The SMILES string of the molecule is CCCCCCCCCCCCCCCCCCCCCCCCCCCCCC(=O)OCC(COC(=O)CCCCCCCCCCC)OC(=O)CCCCCCCCCCCCCCCCCC. The Balaban J connectivity index is 4.07. The molecule has 0 aromatic heterocycles. The maximum Gasteiger partial charge on any atom is 0.306 e. The van der Waals surface area contributed by atoms with Gasteiger partial charge in [0.2, 0.25) is 0 Å². The van der Waals surface area contributed by atoms with Crippen LogP contribution < -0.4 is 0 Å². The molecule has 0 aromatic carbocycles. The maximum atomic E-state index is 12.8. The van der Waals surface area contributed by atoms with Gasteiger partial charge >= 0.3 is 17.9 Å². The summed E-state index contributed by atoms with van der Waals surface area (Å²) in [6.45, 7) is 6.70. The first-order valence-electron chi connectivity index (χ1n) is 32.0. The molecule has 6 heteroatoms. The van der Waals surface area contributed by atoms with Gasteiger partial charge in [-0.05, 0) is 19.3 Å². The molecule has 0 bridgehead atoms. The molecule has 0 heterocycles. The fraction of sp³-hybridized carbons (Fsp3) is 0.953. The highest BCUT2D eigenvalue weighted by Gasteiger charge is 2.19. The molecule has 0 fully saturated rings. The molecule has 1 atom stereocenters. The van der Waals surface area contributed by atoms with Crippen molar-refractivity contribution in [3.8, 4) is 0 Å². The Morgan fingerprint density at radius 3 is 0.571 bits per heavy atom. The Kier molecular flexibility index (Phi) is 58.6. The van der Waals surface area contributed by atoms with Gasteiger partial charge in [0.15, 0.2) is 6.10 Å². The standard InChI is InChI=1S/C64H124O6/c1-4-7-10-13-16-19-21-23-25-27-28-29-30-31-32-33-34-35-36-37-39-40-42-45-48-51-54-57-63(66)69-60-61(59-68-62(65)56-53-50-47-44-18-15-12-9-6-3)70-64(67)58-55-52-49-46-43-41-38-26-24-22-20-17-14-11-8-5-2/h61H,4-60H2,1-3H3. The van der Waals surface area contributed by atoms with Gasteiger partial charge in [-0.3, -0.25) is 14.4 Å². The average molecular weight is 990 g/mol. The van der Waals surface area contributed by atoms with Gasteiger partial charge < -0.3 is 14.2 Å². The van der Waals surface area contributed by atoms with Crippen LogP contribution in [0.25, 0.3) is 0 Å². The van der Waals surface area contributed by atoms with Crippen LogP contribution in [-0.4, -0.2) is 37.2 Å². The van der Waals surface area contributed by atoms with Crippen LogP contribution in [0.15, 0.2) is 0 Å². The zero-order valence-electron chi connectivity index (χ0n) is 47.8. The van der Waals surface area contributed by atoms with Gasteiger partial charge in [0.05, 0.1) is 0 Å². The highest BCUT2D eigenvalue weighted by Crippen LogP contribution is 2.19. The molecule has 6 nitrogen and oxygen atoms in total. The van der Waals surface area contributed by atoms with E-state index in [1.54, 1.807) is 0 Å². The monoisotopic (exact) mass is 989 g/mol. The summed E-state index contributed by atoms with van der Waals surface area (Å²) in [7, 11) is 0. The second-order valence-electron chi connectivity index (χ2n) is 22.1. The lowest BCUT2D eigenvalue weighted by Gasteiger charge is -2.18. The van der Waals surface area contributed by atoms with Crippen molar-refractivity contribution in [3.63, 3.8) is 0 Å². The predicted octanol–water partition coefficient (Wildman–Crippen LogP) is 21.5. The minimum atomic E-state index is -0.761. The molecule has 0 N–H and O–H groups in total. The Labute approximate surface area is 438 Å². The van der Waals surface area contributed by atoms with Crippen molar-refractivity contribution in [1.29, 1.82) is 0 Å². The number of rotatable bonds is 60. The molecule has 0 aliphatic heterocycles. The lowest BCUT2D eigenvalue weighted by Crippen LogP contribution is -2.30. The van der Waals surface area contributed by atoms with Crippen molar-refractivity contribution in [2.75, 3.05) is 13.2 Å². The van der Waals surface area contributed by atoms with Gasteiger partial charge in [-0.2, -0.15) is 0 Å². The van der Waals surface area contributed by atoms with Crippen molar-refractivity contribution in [3.05, 3.63) is 0 Å². The normalized spacial score (nSPS) is 11.9. The topological polar surface area (TPSA) is 78.9 Å². The van der Waals surface area contributed by atoms with Gasteiger partial charge in [-0.15, -0.1) is 0 Å². The zero-order chi connectivity index (χ0) is 50.7. The molecular weight excluding hydrogens is 865 g/mol. The van der Waals surface area contributed by atoms with Crippen molar-refractivity contribution in [2.45, 2.75) is 380 Å². The predicted molar refractivity (Wildman–Crippen MR) is 303 cm³/mol. The van der Waals surface area contributed by atoms with Gasteiger partial charge in [0.1, 0.15) is 13.2 Å². The van der Waals surface area contributed by atoms with Crippen LogP contribution in [-0.2, 0) is 28.6 Å². The van der Waals surface area contributed by atoms with Crippen LogP contribution in [0.5, 0.6) is 0 Å². The molecule has 0 radical (unpaired) electrons. The third kappa shape index (κ3) is 57.3. The van der Waals surface area contributed by atoms with Gasteiger partial charge in [0, 0.05) is 19.3 Å². The Morgan fingerprint density at radius 1 is 0.229 bits per heavy atom. The van der Waals surface area contributed by atoms with E-state index in [0.717, 1.165) is 57.8 Å². The smallest absolute Gasteiger partial charge is 0.306 e. The summed E-state index contributed by atoms with van der Waals surface area (Å²) in [6.07, 6.45) is 68.5. The van der Waals surface area contributed by atoms with E-state index in [1.165, 1.54) is 276 Å². The lowest BCUT2D eigenvalue weighted by atomic mass is 10.0. The summed E-state index contributed by atoms with van der Waals surface area (Å²) in [5.41, 5.74) is 0. The minimum Gasteiger partial charge on any atom is -0.462 e. The van der Waals surface area contributed by atoms with Gasteiger partial charge in [-0.1, -0.05) is 335 Å². The average Bonchev–Trinajstić information content (AvgIpc) is 3.36. The van der Waals surface area contributed by atoms with Crippen molar-refractivity contribution >= 4 is 17.9 Å². The third-order valence-corrected chi connectivity index (χ3v) is 14.9. The summed E-state index contributed by atoms with van der Waals surface area (Å²) in [6, 6.07) is 0. The van der Waals surface area contributed by atoms with Crippen molar-refractivity contribution in [2.24, 2.45) is 0 Å². The van der Waals surface area contributed by atoms with Crippen LogP contribution in [0, 0.1) is 0 Å². The molecule has 0 rings (SSSR count). The molecule has 0 amide bonds. The fourth-order valence-corrected chi connectivity index (χ4v) is 10.0. The van der Waals surface area contributed by atoms with Crippen molar-refractivity contribution in [1.82, 2.24) is 0 Å². The van der Waals surface area contributed by atoms with Gasteiger partial charge in [0.25, 0.3) is 0 Å². The molecule has 0 spiro atoms. The fourth-order valence-electron chi connectivity index (χ4n) is 10.0. The summed E-state index contributed by atoms with van der Waals surface area (Å²) in [5.74, 6) is -0.833. The lowest BCUT2D eigenvalue weighted by molar-refractivity contribution is -0.167. The molecule has 0 saturated carbocycles. The largest absolute Gasteiger partial charge is 0.462 e. The van der Waals surface area contributed by atoms with E-state index in [-0.39, 0.29) is 31.1 Å². The van der Waals surface area contributed by atoms with Crippen LogP contribution in [0.4, 0.5) is 0 Å². The van der Waals surface area contributed by atoms with Gasteiger partial charge in [-0.25, -0.2) is 0 Å². The third-order valence-electron chi connectivity index (χ3n) is 14.9. The summed E-state index contributed by atoms with van der Waals surface area (Å²) in [5, 5.41) is 0. The van der Waals surface area contributed by atoms with E-state index >= 15 is 0 Å². The molecule has 0 aliphatic rings. The molecular formula is C64H124O6. The number of hydrogen-bond donors (Lipinski definition) is 0. The van der Waals surface area contributed by atoms with Crippen LogP contribution in [0.2, 0.25) is 0 Å². The van der Waals surface area contributed by atoms with E-state index < -0.39 is 6.10 Å². The van der Waals surface area contributed by atoms with E-state index in [1.807, 2.05) is 0 Å². The molecule has 0 saturated heterocycles. The summed E-state index contributed by atoms with van der Waals surface area (Å²) in [4.78, 5) is 38.1. The van der Waals surface area contributed by atoms with E-state index in [2.05, 4.69) is 20.8 Å². The first-order valence-corrected chi connectivity index (χ1v) is 32.0.